The normalized spacial score (nSPS) is 22.2. The molecule has 0 unspecified atom stereocenters. The average Bonchev–Trinajstić information content (AvgIpc) is 2.86. The topological polar surface area (TPSA) is 95.9 Å². The Bertz CT molecular complexity index is 705. The van der Waals surface area contributed by atoms with Crippen LogP contribution in [-0.2, 0) is 20.9 Å². The van der Waals surface area contributed by atoms with Crippen molar-refractivity contribution in [3.8, 4) is 5.75 Å². The molecule has 7 heteroatoms. The molecule has 26 heavy (non-hydrogen) atoms. The van der Waals surface area contributed by atoms with Crippen LogP contribution in [0.15, 0.2) is 24.3 Å². The molecule has 7 nitrogen and oxygen atoms in total. The molecule has 1 fully saturated rings. The number of para-hydroxylation sites is 1. The monoisotopic (exact) mass is 360 g/mol. The van der Waals surface area contributed by atoms with Crippen molar-refractivity contribution in [3.63, 3.8) is 0 Å². The largest absolute Gasteiger partial charge is 0.491 e. The van der Waals surface area contributed by atoms with E-state index in [1.54, 1.807) is 4.90 Å². The molecule has 2 N–H and O–H groups in total. The molecule has 1 atom stereocenters. The van der Waals surface area contributed by atoms with Crippen molar-refractivity contribution in [3.05, 3.63) is 29.8 Å². The second-order valence-electron chi connectivity index (χ2n) is 6.99. The van der Waals surface area contributed by atoms with E-state index in [1.165, 1.54) is 0 Å². The number of carbonyl (C=O) groups excluding carboxylic acids is 2. The van der Waals surface area contributed by atoms with Gasteiger partial charge in [-0.05, 0) is 25.3 Å². The minimum atomic E-state index is -0.891. The summed E-state index contributed by atoms with van der Waals surface area (Å²) in [5.74, 6) is -0.150. The van der Waals surface area contributed by atoms with E-state index >= 15 is 0 Å². The zero-order chi connectivity index (χ0) is 18.6. The maximum atomic E-state index is 12.7. The van der Waals surface area contributed by atoms with Crippen LogP contribution in [-0.4, -0.2) is 46.5 Å². The summed E-state index contributed by atoms with van der Waals surface area (Å²) in [4.78, 5) is 37.1. The Morgan fingerprint density at radius 1 is 1.23 bits per heavy atom. The minimum absolute atomic E-state index is 0.00107. The molecule has 140 valence electrons. The summed E-state index contributed by atoms with van der Waals surface area (Å²) in [5.41, 5.74) is 0.402. The first-order valence-electron chi connectivity index (χ1n) is 8.99. The molecule has 0 aliphatic carbocycles. The Morgan fingerprint density at radius 3 is 2.73 bits per heavy atom. The first kappa shape index (κ1) is 18.2. The maximum absolute atomic E-state index is 12.7. The number of nitrogens with one attached hydrogen (secondary N) is 1. The second-order valence-corrected chi connectivity index (χ2v) is 6.99. The molecule has 1 aromatic carbocycles. The average molecular weight is 360 g/mol. The lowest BCUT2D eigenvalue weighted by Gasteiger charge is -2.30. The van der Waals surface area contributed by atoms with Crippen LogP contribution in [0.5, 0.6) is 5.75 Å². The molecule has 0 bridgehead atoms. The van der Waals surface area contributed by atoms with Crippen molar-refractivity contribution in [1.82, 2.24) is 10.2 Å². The van der Waals surface area contributed by atoms with Gasteiger partial charge in [-0.25, -0.2) is 0 Å². The molecule has 3 rings (SSSR count). The van der Waals surface area contributed by atoms with Crippen molar-refractivity contribution in [2.75, 3.05) is 13.2 Å². The molecule has 2 aliphatic heterocycles. The van der Waals surface area contributed by atoms with Gasteiger partial charge in [0.1, 0.15) is 12.4 Å². The fourth-order valence-corrected chi connectivity index (χ4v) is 3.66. The molecule has 2 heterocycles. The van der Waals surface area contributed by atoms with E-state index in [2.05, 4.69) is 5.32 Å². The van der Waals surface area contributed by atoms with Gasteiger partial charge in [0.2, 0.25) is 11.8 Å². The number of ether oxygens (including phenoxy) is 1. The van der Waals surface area contributed by atoms with E-state index in [0.717, 1.165) is 11.3 Å². The molecule has 0 aromatic heterocycles. The van der Waals surface area contributed by atoms with E-state index in [9.17, 15) is 14.4 Å². The number of hydrogen-bond donors (Lipinski definition) is 2. The summed E-state index contributed by atoms with van der Waals surface area (Å²) < 4.78 is 5.69. The molecular formula is C19H24N2O5. The minimum Gasteiger partial charge on any atom is -0.491 e. The standard InChI is InChI=1S/C19H24N2O5/c22-16-5-8-19(20-16,10-7-18(24)25)9-6-17(23)21-11-12-26-15-4-2-1-3-14(15)13-21/h1-4H,5-13H2,(H,20,22)(H,24,25)/t19-/m1/s1. The zero-order valence-corrected chi connectivity index (χ0v) is 14.7. The number of hydrogen-bond acceptors (Lipinski definition) is 4. The van der Waals surface area contributed by atoms with Gasteiger partial charge in [0.25, 0.3) is 0 Å². The van der Waals surface area contributed by atoms with Gasteiger partial charge in [-0.1, -0.05) is 18.2 Å². The highest BCUT2D eigenvalue weighted by molar-refractivity contribution is 5.80. The SMILES string of the molecule is O=C(O)CC[C@]1(CCC(=O)N2CCOc3ccccc3C2)CCC(=O)N1. The quantitative estimate of drug-likeness (QED) is 0.805. The van der Waals surface area contributed by atoms with Crippen LogP contribution in [0.25, 0.3) is 0 Å². The number of carbonyl (C=O) groups is 3. The molecule has 2 aliphatic rings. The molecule has 2 amide bonds. The van der Waals surface area contributed by atoms with Gasteiger partial charge in [0.15, 0.2) is 0 Å². The zero-order valence-electron chi connectivity index (χ0n) is 14.7. The van der Waals surface area contributed by atoms with Crippen molar-refractivity contribution >= 4 is 17.8 Å². The Balaban J connectivity index is 1.61. The van der Waals surface area contributed by atoms with Crippen molar-refractivity contribution < 1.29 is 24.2 Å². The van der Waals surface area contributed by atoms with Gasteiger partial charge in [-0.2, -0.15) is 0 Å². The lowest BCUT2D eigenvalue weighted by molar-refractivity contribution is -0.137. The van der Waals surface area contributed by atoms with Crippen LogP contribution in [0.1, 0.15) is 44.1 Å². The molecule has 1 aromatic rings. The van der Waals surface area contributed by atoms with E-state index in [4.69, 9.17) is 9.84 Å². The first-order valence-corrected chi connectivity index (χ1v) is 8.99. The van der Waals surface area contributed by atoms with E-state index < -0.39 is 11.5 Å². The highest BCUT2D eigenvalue weighted by Crippen LogP contribution is 2.31. The van der Waals surface area contributed by atoms with Gasteiger partial charge >= 0.3 is 5.97 Å². The summed E-state index contributed by atoms with van der Waals surface area (Å²) in [5, 5.41) is 11.9. The molecule has 1 saturated heterocycles. The van der Waals surface area contributed by atoms with Crippen LogP contribution in [0, 0.1) is 0 Å². The predicted molar refractivity (Wildman–Crippen MR) is 93.6 cm³/mol. The number of nitrogens with zero attached hydrogens (tertiary/aromatic N) is 1. The third-order valence-corrected chi connectivity index (χ3v) is 5.18. The highest BCUT2D eigenvalue weighted by atomic mass is 16.5. The van der Waals surface area contributed by atoms with E-state index in [-0.39, 0.29) is 24.7 Å². The summed E-state index contributed by atoms with van der Waals surface area (Å²) in [6.45, 7) is 1.47. The van der Waals surface area contributed by atoms with E-state index in [1.807, 2.05) is 24.3 Å². The van der Waals surface area contributed by atoms with Gasteiger partial charge in [-0.15, -0.1) is 0 Å². The molecular weight excluding hydrogens is 336 g/mol. The van der Waals surface area contributed by atoms with Gasteiger partial charge < -0.3 is 20.1 Å². The van der Waals surface area contributed by atoms with Crippen LogP contribution >= 0.6 is 0 Å². The number of benzene rings is 1. The van der Waals surface area contributed by atoms with Crippen LogP contribution < -0.4 is 10.1 Å². The summed E-state index contributed by atoms with van der Waals surface area (Å²) in [6, 6.07) is 7.68. The Hall–Kier alpha value is -2.57. The number of aliphatic carboxylic acids is 1. The summed E-state index contributed by atoms with van der Waals surface area (Å²) >= 11 is 0. The fourth-order valence-electron chi connectivity index (χ4n) is 3.66. The van der Waals surface area contributed by atoms with Crippen LogP contribution in [0.4, 0.5) is 0 Å². The third kappa shape index (κ3) is 4.33. The number of carboxylic acid groups (broad SMARTS) is 1. The van der Waals surface area contributed by atoms with Crippen LogP contribution in [0.3, 0.4) is 0 Å². The lowest BCUT2D eigenvalue weighted by Crippen LogP contribution is -2.43. The molecule has 0 saturated carbocycles. The van der Waals surface area contributed by atoms with Gasteiger partial charge in [0.05, 0.1) is 6.54 Å². The number of rotatable bonds is 6. The van der Waals surface area contributed by atoms with Crippen LogP contribution in [0.2, 0.25) is 0 Å². The van der Waals surface area contributed by atoms with Gasteiger partial charge in [0, 0.05) is 36.9 Å². The number of amides is 2. The fraction of sp³-hybridized carbons (Fsp3) is 0.526. The Kier molecular flexibility index (Phi) is 5.44. The number of fused-ring (bicyclic) bond motifs is 1. The Labute approximate surface area is 152 Å². The van der Waals surface area contributed by atoms with Gasteiger partial charge in [-0.3, -0.25) is 14.4 Å². The smallest absolute Gasteiger partial charge is 0.303 e. The summed E-state index contributed by atoms with van der Waals surface area (Å²) in [7, 11) is 0. The van der Waals surface area contributed by atoms with E-state index in [0.29, 0.717) is 45.4 Å². The Morgan fingerprint density at radius 2 is 2.00 bits per heavy atom. The predicted octanol–water partition coefficient (Wildman–Crippen LogP) is 1.70. The van der Waals surface area contributed by atoms with Crippen molar-refractivity contribution in [1.29, 1.82) is 0 Å². The lowest BCUT2D eigenvalue weighted by atomic mass is 9.86. The maximum Gasteiger partial charge on any atom is 0.303 e. The van der Waals surface area contributed by atoms with Crippen molar-refractivity contribution in [2.24, 2.45) is 0 Å². The third-order valence-electron chi connectivity index (χ3n) is 5.18. The highest BCUT2D eigenvalue weighted by Gasteiger charge is 2.38. The summed E-state index contributed by atoms with van der Waals surface area (Å²) in [6.07, 6.45) is 2.05. The molecule has 0 radical (unpaired) electrons. The first-order chi connectivity index (χ1) is 12.5. The number of carboxylic acids is 1. The van der Waals surface area contributed by atoms with Crippen molar-refractivity contribution in [2.45, 2.75) is 50.6 Å². The second kappa shape index (κ2) is 7.76. The molecule has 0 spiro atoms.